The molecule has 0 heterocycles. The van der Waals surface area contributed by atoms with Crippen LogP contribution >= 0.6 is 0 Å². The van der Waals surface area contributed by atoms with Crippen LogP contribution in [0.2, 0.25) is 0 Å². The second-order valence-corrected chi connectivity index (χ2v) is 6.66. The zero-order valence-corrected chi connectivity index (χ0v) is 14.0. The van der Waals surface area contributed by atoms with Gasteiger partial charge in [0.1, 0.15) is 5.82 Å². The number of hydrogen-bond donors (Lipinski definition) is 3. The van der Waals surface area contributed by atoms with E-state index in [0.29, 0.717) is 19.0 Å². The van der Waals surface area contributed by atoms with Crippen LogP contribution in [0.25, 0.3) is 0 Å². The Kier molecular flexibility index (Phi) is 5.88. The molecule has 4 N–H and O–H groups in total. The fourth-order valence-electron chi connectivity index (χ4n) is 2.03. The molecular formula is C16H19FN4O2S. The van der Waals surface area contributed by atoms with Gasteiger partial charge in [-0.1, -0.05) is 24.3 Å². The summed E-state index contributed by atoms with van der Waals surface area (Å²) in [6.45, 7) is 0.865. The summed E-state index contributed by atoms with van der Waals surface area (Å²) >= 11 is 0. The highest BCUT2D eigenvalue weighted by atomic mass is 32.2. The smallest absolute Gasteiger partial charge is 0.238 e. The number of rotatable bonds is 5. The van der Waals surface area contributed by atoms with Crippen molar-refractivity contribution in [3.8, 4) is 0 Å². The van der Waals surface area contributed by atoms with Crippen molar-refractivity contribution in [3.05, 3.63) is 65.5 Å². The van der Waals surface area contributed by atoms with Gasteiger partial charge in [-0.05, 0) is 35.4 Å². The van der Waals surface area contributed by atoms with Crippen LogP contribution in [0.5, 0.6) is 0 Å². The molecule has 0 fully saturated rings. The Hall–Kier alpha value is -2.45. The van der Waals surface area contributed by atoms with Crippen LogP contribution in [-0.2, 0) is 23.1 Å². The van der Waals surface area contributed by atoms with Gasteiger partial charge in [-0.15, -0.1) is 0 Å². The number of nitrogens with two attached hydrogens (primary N) is 1. The molecule has 0 aliphatic rings. The summed E-state index contributed by atoms with van der Waals surface area (Å²) in [5, 5.41) is 11.3. The van der Waals surface area contributed by atoms with Gasteiger partial charge in [-0.3, -0.25) is 4.99 Å². The van der Waals surface area contributed by atoms with Gasteiger partial charge in [0.2, 0.25) is 10.0 Å². The van der Waals surface area contributed by atoms with Crippen molar-refractivity contribution in [1.82, 2.24) is 10.6 Å². The van der Waals surface area contributed by atoms with E-state index in [9.17, 15) is 12.8 Å². The van der Waals surface area contributed by atoms with Crippen LogP contribution in [0, 0.1) is 5.82 Å². The molecule has 0 atom stereocenters. The molecule has 0 saturated carbocycles. The van der Waals surface area contributed by atoms with Crippen molar-refractivity contribution in [2.75, 3.05) is 7.05 Å². The Balaban J connectivity index is 1.93. The number of hydrogen-bond acceptors (Lipinski definition) is 3. The number of benzene rings is 2. The molecule has 0 unspecified atom stereocenters. The summed E-state index contributed by atoms with van der Waals surface area (Å²) in [6.07, 6.45) is 0. The van der Waals surface area contributed by atoms with Gasteiger partial charge >= 0.3 is 0 Å². The van der Waals surface area contributed by atoms with Gasteiger partial charge in [-0.2, -0.15) is 0 Å². The number of primary sulfonamides is 1. The second-order valence-electron chi connectivity index (χ2n) is 5.10. The van der Waals surface area contributed by atoms with Crippen LogP contribution < -0.4 is 15.8 Å². The first-order chi connectivity index (χ1) is 11.4. The molecule has 24 heavy (non-hydrogen) atoms. The maximum Gasteiger partial charge on any atom is 0.238 e. The molecule has 0 amide bonds. The number of nitrogens with one attached hydrogen (secondary N) is 2. The molecule has 128 valence electrons. The maximum absolute atomic E-state index is 12.9. The Morgan fingerprint density at radius 3 is 2.29 bits per heavy atom. The highest BCUT2D eigenvalue weighted by Gasteiger charge is 2.08. The topological polar surface area (TPSA) is 96.6 Å². The predicted molar refractivity (Wildman–Crippen MR) is 91.3 cm³/mol. The number of sulfonamides is 1. The molecule has 2 rings (SSSR count). The molecular weight excluding hydrogens is 331 g/mol. The summed E-state index contributed by atoms with van der Waals surface area (Å²) in [6, 6.07) is 12.5. The van der Waals surface area contributed by atoms with E-state index in [-0.39, 0.29) is 10.7 Å². The van der Waals surface area contributed by atoms with Crippen molar-refractivity contribution in [2.24, 2.45) is 10.1 Å². The van der Waals surface area contributed by atoms with Crippen LogP contribution in [0.15, 0.2) is 58.4 Å². The van der Waals surface area contributed by atoms with Crippen LogP contribution in [0.4, 0.5) is 4.39 Å². The number of halogens is 1. The molecule has 0 aliphatic carbocycles. The van der Waals surface area contributed by atoms with E-state index >= 15 is 0 Å². The molecule has 0 aliphatic heterocycles. The lowest BCUT2D eigenvalue weighted by Gasteiger charge is -2.12. The lowest BCUT2D eigenvalue weighted by molar-refractivity contribution is 0.597. The summed E-state index contributed by atoms with van der Waals surface area (Å²) < 4.78 is 35.6. The van der Waals surface area contributed by atoms with Crippen molar-refractivity contribution < 1.29 is 12.8 Å². The highest BCUT2D eigenvalue weighted by Crippen LogP contribution is 2.09. The van der Waals surface area contributed by atoms with Gasteiger partial charge in [0.25, 0.3) is 0 Å². The van der Waals surface area contributed by atoms with E-state index in [0.717, 1.165) is 11.1 Å². The van der Waals surface area contributed by atoms with Crippen molar-refractivity contribution in [3.63, 3.8) is 0 Å². The van der Waals surface area contributed by atoms with Gasteiger partial charge < -0.3 is 10.6 Å². The van der Waals surface area contributed by atoms with E-state index in [1.165, 1.54) is 24.3 Å². The Morgan fingerprint density at radius 2 is 1.71 bits per heavy atom. The maximum atomic E-state index is 12.9. The molecule has 0 saturated heterocycles. The molecule has 2 aromatic rings. The SMILES string of the molecule is CN=C(NCc1ccc(F)cc1)NCc1cccc(S(N)(=O)=O)c1. The number of nitrogens with zero attached hydrogens (tertiary/aromatic N) is 1. The van der Waals surface area contributed by atoms with E-state index in [1.807, 2.05) is 0 Å². The number of aliphatic imine (C=N–C) groups is 1. The van der Waals surface area contributed by atoms with Crippen molar-refractivity contribution in [2.45, 2.75) is 18.0 Å². The largest absolute Gasteiger partial charge is 0.352 e. The summed E-state index contributed by atoms with van der Waals surface area (Å²) in [4.78, 5) is 4.15. The monoisotopic (exact) mass is 350 g/mol. The summed E-state index contributed by atoms with van der Waals surface area (Å²) in [7, 11) is -2.10. The quantitative estimate of drug-likeness (QED) is 0.560. The third-order valence-corrected chi connectivity index (χ3v) is 4.19. The molecule has 0 radical (unpaired) electrons. The third-order valence-electron chi connectivity index (χ3n) is 3.28. The summed E-state index contributed by atoms with van der Waals surface area (Å²) in [5.41, 5.74) is 1.67. The molecule has 0 bridgehead atoms. The molecule has 6 nitrogen and oxygen atoms in total. The van der Waals surface area contributed by atoms with Crippen LogP contribution in [0.3, 0.4) is 0 Å². The molecule has 2 aromatic carbocycles. The normalized spacial score (nSPS) is 12.0. The minimum Gasteiger partial charge on any atom is -0.352 e. The summed E-state index contributed by atoms with van der Waals surface area (Å²) in [5.74, 6) is 0.260. The lowest BCUT2D eigenvalue weighted by atomic mass is 10.2. The van der Waals surface area contributed by atoms with Crippen molar-refractivity contribution >= 4 is 16.0 Å². The molecule has 8 heteroatoms. The second kappa shape index (κ2) is 7.89. The van der Waals surface area contributed by atoms with E-state index < -0.39 is 10.0 Å². The first kappa shape index (κ1) is 17.9. The fourth-order valence-corrected chi connectivity index (χ4v) is 2.61. The zero-order chi connectivity index (χ0) is 17.6. The van der Waals surface area contributed by atoms with Crippen molar-refractivity contribution in [1.29, 1.82) is 0 Å². The first-order valence-electron chi connectivity index (χ1n) is 7.19. The van der Waals surface area contributed by atoms with Gasteiger partial charge in [0.15, 0.2) is 5.96 Å². The van der Waals surface area contributed by atoms with Crippen LogP contribution in [0.1, 0.15) is 11.1 Å². The van der Waals surface area contributed by atoms with Gasteiger partial charge in [0, 0.05) is 20.1 Å². The Labute approximate surface area is 140 Å². The fraction of sp³-hybridized carbons (Fsp3) is 0.188. The highest BCUT2D eigenvalue weighted by molar-refractivity contribution is 7.89. The Morgan fingerprint density at radius 1 is 1.08 bits per heavy atom. The lowest BCUT2D eigenvalue weighted by Crippen LogP contribution is -2.36. The minimum atomic E-state index is -3.72. The van der Waals surface area contributed by atoms with E-state index in [1.54, 1.807) is 31.3 Å². The van der Waals surface area contributed by atoms with Gasteiger partial charge in [-0.25, -0.2) is 17.9 Å². The zero-order valence-electron chi connectivity index (χ0n) is 13.2. The first-order valence-corrected chi connectivity index (χ1v) is 8.74. The third kappa shape index (κ3) is 5.32. The standard InChI is InChI=1S/C16H19FN4O2S/c1-19-16(20-10-12-5-7-14(17)8-6-12)21-11-13-3-2-4-15(9-13)24(18,22)23/h2-9H,10-11H2,1H3,(H2,18,22,23)(H2,19,20,21). The minimum absolute atomic E-state index is 0.0658. The molecule has 0 spiro atoms. The predicted octanol–water partition coefficient (Wildman–Crippen LogP) is 1.34. The number of guanidine groups is 1. The Bertz CT molecular complexity index is 820. The average molecular weight is 350 g/mol. The van der Waals surface area contributed by atoms with E-state index in [2.05, 4.69) is 15.6 Å². The average Bonchev–Trinajstić information content (AvgIpc) is 2.56. The molecule has 0 aromatic heterocycles. The van der Waals surface area contributed by atoms with E-state index in [4.69, 9.17) is 5.14 Å². The van der Waals surface area contributed by atoms with Crippen LogP contribution in [-0.4, -0.2) is 21.4 Å². The van der Waals surface area contributed by atoms with Gasteiger partial charge in [0.05, 0.1) is 4.90 Å².